The van der Waals surface area contributed by atoms with Crippen molar-refractivity contribution in [3.63, 3.8) is 0 Å². The van der Waals surface area contributed by atoms with Gasteiger partial charge in [-0.3, -0.25) is 24.1 Å². The minimum absolute atomic E-state index is 0.00663. The molecule has 2 amide bonds. The molecule has 0 aromatic rings. The molecular weight excluding hydrogens is 939 g/mol. The first-order chi connectivity index (χ1) is 34.4. The second-order valence-electron chi connectivity index (χ2n) is 24.6. The molecule has 12 aliphatic rings. The van der Waals surface area contributed by atoms with Gasteiger partial charge in [-0.25, -0.2) is 4.79 Å². The molecule has 12 rings (SSSR count). The highest BCUT2D eigenvalue weighted by molar-refractivity contribution is 8.01. The molecule has 0 aromatic heterocycles. The number of imide groups is 1. The monoisotopic (exact) mass is 1010 g/mol. The number of esters is 3. The molecule has 390 valence electrons. The topological polar surface area (TPSA) is 194 Å². The number of epoxide rings is 3. The van der Waals surface area contributed by atoms with Gasteiger partial charge in [0.2, 0.25) is 11.8 Å². The molecule has 5 aliphatic heterocycles. The second kappa shape index (κ2) is 17.5. The number of carbonyl (C=O) groups excluding carboxylic acids is 5. The normalized spacial score (nSPS) is 45.2. The predicted molar refractivity (Wildman–Crippen MR) is 263 cm³/mol. The molecule has 5 unspecified atom stereocenters. The van der Waals surface area contributed by atoms with Gasteiger partial charge in [-0.1, -0.05) is 71.1 Å². The number of nitrogens with zero attached hydrogens (tertiary/aromatic N) is 1. The lowest BCUT2D eigenvalue weighted by atomic mass is 9.46. The Balaban J connectivity index is 0.628. The van der Waals surface area contributed by atoms with Crippen molar-refractivity contribution in [2.45, 2.75) is 196 Å². The highest BCUT2D eigenvalue weighted by Crippen LogP contribution is 2.83. The number of hydrogen-bond donors (Lipinski definition) is 2. The van der Waals surface area contributed by atoms with E-state index in [9.17, 15) is 34.2 Å². The zero-order chi connectivity index (χ0) is 50.4. The highest BCUT2D eigenvalue weighted by atomic mass is 32.2. The third-order valence-corrected chi connectivity index (χ3v) is 21.8. The molecule has 0 aromatic carbocycles. The molecule has 6 saturated carbocycles. The smallest absolute Gasteiger partial charge is 0.334 e. The van der Waals surface area contributed by atoms with E-state index in [1.165, 1.54) is 16.9 Å². The van der Waals surface area contributed by atoms with Crippen molar-refractivity contribution in [3.05, 3.63) is 58.7 Å². The van der Waals surface area contributed by atoms with Gasteiger partial charge in [0.05, 0.1) is 29.3 Å². The maximum atomic E-state index is 13.9. The molecule has 72 heavy (non-hydrogen) atoms. The minimum atomic E-state index is -0.873. The number of hydrogen-bond acceptors (Lipinski definition) is 14. The second-order valence-corrected chi connectivity index (χ2v) is 25.8. The van der Waals surface area contributed by atoms with Crippen molar-refractivity contribution in [2.75, 3.05) is 18.9 Å². The summed E-state index contributed by atoms with van der Waals surface area (Å²) in [6.07, 6.45) is 16.1. The number of cyclic esters (lactones) is 1. The SMILES string of the molecule is C=C1/C(=C\C=C2/CCC[C@@]3(C)C2CCC3[C@@H](C)/C=C/C(O)C2CC2)C[C@@H](OC(=O)CSC2CC(=O)N(CCCC(=O)O[C@@H]3[C@@]4(C(C)C)O[C@H]4[C@@H]4OC45[C@]34O[C@H]4C[C@H]3C4=C(CC[C@@]35C)C(=O)OC4)C2=O)C[C@@H]1O. The van der Waals surface area contributed by atoms with Crippen LogP contribution in [0.5, 0.6) is 0 Å². The average molecular weight is 1010 g/mol. The van der Waals surface area contributed by atoms with Crippen LogP contribution in [0.15, 0.2) is 58.7 Å². The van der Waals surface area contributed by atoms with Gasteiger partial charge >= 0.3 is 17.9 Å². The molecule has 10 fully saturated rings. The third-order valence-electron chi connectivity index (χ3n) is 20.6. The molecule has 7 aliphatic carbocycles. The van der Waals surface area contributed by atoms with Gasteiger partial charge < -0.3 is 38.6 Å². The Kier molecular flexibility index (Phi) is 12.0. The molecule has 17 atom stereocenters. The van der Waals surface area contributed by atoms with Crippen LogP contribution in [0.1, 0.15) is 131 Å². The number of thioether (sulfide) groups is 1. The van der Waals surface area contributed by atoms with E-state index in [1.54, 1.807) is 0 Å². The lowest BCUT2D eigenvalue weighted by Crippen LogP contribution is -2.70. The first-order valence-electron chi connectivity index (χ1n) is 27.3. The summed E-state index contributed by atoms with van der Waals surface area (Å²) in [5.41, 5.74) is 2.25. The third kappa shape index (κ3) is 7.36. The Hall–Kier alpha value is -3.60. The van der Waals surface area contributed by atoms with Crippen LogP contribution in [0, 0.1) is 46.3 Å². The van der Waals surface area contributed by atoms with Crippen LogP contribution >= 0.6 is 11.8 Å². The fourth-order valence-electron chi connectivity index (χ4n) is 16.5. The van der Waals surface area contributed by atoms with Gasteiger partial charge in [0.1, 0.15) is 36.1 Å². The Bertz CT molecular complexity index is 2490. The number of allylic oxidation sites excluding steroid dienone is 4. The molecule has 15 heteroatoms. The summed E-state index contributed by atoms with van der Waals surface area (Å²) in [6, 6.07) is 0. The number of ether oxygens (including phenoxy) is 6. The van der Waals surface area contributed by atoms with Crippen molar-refractivity contribution >= 4 is 41.5 Å². The van der Waals surface area contributed by atoms with Gasteiger partial charge in [-0.15, -0.1) is 11.8 Å². The van der Waals surface area contributed by atoms with Gasteiger partial charge in [-0.2, -0.15) is 0 Å². The summed E-state index contributed by atoms with van der Waals surface area (Å²) in [5, 5.41) is 20.8. The fourth-order valence-corrected chi connectivity index (χ4v) is 17.5. The van der Waals surface area contributed by atoms with Crippen LogP contribution < -0.4 is 0 Å². The number of rotatable bonds is 15. The fraction of sp³-hybridized carbons (Fsp3) is 0.737. The van der Waals surface area contributed by atoms with Crippen LogP contribution in [0.4, 0.5) is 0 Å². The average Bonchev–Trinajstić information content (AvgIpc) is 4.20. The lowest BCUT2D eigenvalue weighted by Gasteiger charge is -2.53. The number of aliphatic hydroxyl groups is 2. The number of carbonyl (C=O) groups is 5. The molecule has 5 heterocycles. The zero-order valence-electron chi connectivity index (χ0n) is 42.6. The van der Waals surface area contributed by atoms with Crippen LogP contribution in [-0.4, -0.2) is 129 Å². The van der Waals surface area contributed by atoms with Crippen molar-refractivity contribution in [2.24, 2.45) is 46.3 Å². The zero-order valence-corrected chi connectivity index (χ0v) is 43.4. The maximum Gasteiger partial charge on any atom is 0.334 e. The number of likely N-dealkylation sites (tertiary alicyclic amines) is 1. The Morgan fingerprint density at radius 1 is 0.931 bits per heavy atom. The molecule has 2 spiro atoms. The molecule has 4 saturated heterocycles. The van der Waals surface area contributed by atoms with E-state index in [4.69, 9.17) is 28.4 Å². The summed E-state index contributed by atoms with van der Waals surface area (Å²) in [6.45, 7) is 15.7. The number of fused-ring (bicyclic) bond motifs is 5. The van der Waals surface area contributed by atoms with Crippen molar-refractivity contribution in [3.8, 4) is 0 Å². The van der Waals surface area contributed by atoms with E-state index in [0.29, 0.717) is 55.1 Å². The molecule has 0 radical (unpaired) electrons. The maximum absolute atomic E-state index is 13.9. The van der Waals surface area contributed by atoms with Crippen molar-refractivity contribution < 1.29 is 62.6 Å². The quantitative estimate of drug-likeness (QED) is 0.0563. The Morgan fingerprint density at radius 2 is 1.74 bits per heavy atom. The van der Waals surface area contributed by atoms with E-state index >= 15 is 0 Å². The predicted octanol–water partition coefficient (Wildman–Crippen LogP) is 6.95. The Morgan fingerprint density at radius 3 is 2.51 bits per heavy atom. The first-order valence-corrected chi connectivity index (χ1v) is 28.3. The largest absolute Gasteiger partial charge is 0.461 e. The van der Waals surface area contributed by atoms with Crippen LogP contribution in [0.2, 0.25) is 0 Å². The van der Waals surface area contributed by atoms with E-state index in [-0.39, 0.29) is 96.9 Å². The van der Waals surface area contributed by atoms with Crippen LogP contribution in [0.25, 0.3) is 0 Å². The van der Waals surface area contributed by atoms with Crippen LogP contribution in [-0.2, 0) is 52.4 Å². The van der Waals surface area contributed by atoms with Crippen molar-refractivity contribution in [1.82, 2.24) is 4.90 Å². The number of aliphatic hydroxyl groups excluding tert-OH is 2. The van der Waals surface area contributed by atoms with E-state index in [1.807, 2.05) is 6.08 Å². The summed E-state index contributed by atoms with van der Waals surface area (Å²) < 4.78 is 38.0. The van der Waals surface area contributed by atoms with E-state index < -0.39 is 58.2 Å². The minimum Gasteiger partial charge on any atom is -0.461 e. The van der Waals surface area contributed by atoms with Gasteiger partial charge in [0, 0.05) is 43.2 Å². The van der Waals surface area contributed by atoms with Gasteiger partial charge in [0.25, 0.3) is 0 Å². The number of amides is 2. The first kappa shape index (κ1) is 49.3. The Labute approximate surface area is 427 Å². The molecule has 14 nitrogen and oxygen atoms in total. The molecular formula is C57H73NO13S. The van der Waals surface area contributed by atoms with Crippen molar-refractivity contribution in [1.29, 1.82) is 0 Å². The summed E-state index contributed by atoms with van der Waals surface area (Å²) in [5.74, 6) is -0.159. The lowest BCUT2D eigenvalue weighted by molar-refractivity contribution is -0.169. The summed E-state index contributed by atoms with van der Waals surface area (Å²) in [7, 11) is 0. The molecule has 0 bridgehead atoms. The van der Waals surface area contributed by atoms with Gasteiger partial charge in [-0.05, 0) is 128 Å². The molecule has 2 N–H and O–H groups in total. The van der Waals surface area contributed by atoms with Crippen LogP contribution in [0.3, 0.4) is 0 Å². The highest BCUT2D eigenvalue weighted by Gasteiger charge is 3.01. The summed E-state index contributed by atoms with van der Waals surface area (Å²) >= 11 is 1.08. The van der Waals surface area contributed by atoms with E-state index in [0.717, 1.165) is 73.4 Å². The van der Waals surface area contributed by atoms with Gasteiger partial charge in [0.15, 0.2) is 11.7 Å². The standard InChI is InChI=1S/C57H73NO13S/c1-29(2)55-48(70-55)49-57(71-49)54(6)21-19-36-37(27-66-51(36)65)40(54)25-44-56(57,69-44)52(55)68-46(62)10-8-22-58-45(61)26-43(50(58)64)72-28-47(63)67-35-23-34(31(4)42(60)24-35)15-12-32-9-7-20-53(5)38(16-17-39(32)53)30(3)11-18-41(59)33-13-14-33/h11-12,15,18,29-30,33,35,38-44,48-49,52,59-60H,4,7-10,13-14,16-17,19-28H2,1-3,5-6H3/b18-11+,32-12+,34-15-/t30-,35+,38?,39?,40-,41?,42-,43?,44-,48-,49-,52+,53+,54-,55-,56+,57?/m0/s1. The summed E-state index contributed by atoms with van der Waals surface area (Å²) in [4.78, 5) is 67.7. The van der Waals surface area contributed by atoms with E-state index in [2.05, 4.69) is 59.4 Å².